The van der Waals surface area contributed by atoms with Crippen molar-refractivity contribution in [1.29, 1.82) is 0 Å². The van der Waals surface area contributed by atoms with E-state index in [4.69, 9.17) is 11.6 Å². The molecule has 0 aromatic heterocycles. The van der Waals surface area contributed by atoms with Gasteiger partial charge in [-0.05, 0) is 29.7 Å². The van der Waals surface area contributed by atoms with Crippen LogP contribution in [0.5, 0.6) is 0 Å². The van der Waals surface area contributed by atoms with Gasteiger partial charge >= 0.3 is 0 Å². The fraction of sp³-hybridized carbons (Fsp3) is 0.385. The van der Waals surface area contributed by atoms with Gasteiger partial charge in [0, 0.05) is 24.5 Å². The van der Waals surface area contributed by atoms with Crippen LogP contribution >= 0.6 is 11.6 Å². The highest BCUT2D eigenvalue weighted by Crippen LogP contribution is 2.57. The summed E-state index contributed by atoms with van der Waals surface area (Å²) in [4.78, 5) is 25.0. The normalized spacial score (nSPS) is 30.4. The van der Waals surface area contributed by atoms with Gasteiger partial charge in [-0.1, -0.05) is 17.7 Å². The average molecular weight is 250 g/mol. The van der Waals surface area contributed by atoms with Gasteiger partial charge in [0.2, 0.25) is 5.91 Å². The molecule has 1 spiro atoms. The number of nitrogens with zero attached hydrogens (tertiary/aromatic N) is 1. The number of halogens is 1. The molecule has 17 heavy (non-hydrogen) atoms. The molecule has 1 aromatic carbocycles. The number of amides is 1. The third kappa shape index (κ3) is 1.29. The number of benzene rings is 1. The van der Waals surface area contributed by atoms with E-state index in [-0.39, 0.29) is 11.8 Å². The standard InChI is InChI=1S/C13H12ClNO2/c1-15-6-8-2-3-10(14)4-11(8)13(12(15)17)5-9(13)7-16/h2-4,7,9H,5-6H2,1H3. The highest BCUT2D eigenvalue weighted by molar-refractivity contribution is 6.30. The summed E-state index contributed by atoms with van der Waals surface area (Å²) in [5.41, 5.74) is 1.43. The first kappa shape index (κ1) is 10.8. The molecule has 3 rings (SSSR count). The first-order valence-electron chi connectivity index (χ1n) is 5.59. The Balaban J connectivity index is 2.19. The van der Waals surface area contributed by atoms with E-state index in [1.165, 1.54) is 0 Å². The predicted octanol–water partition coefficient (Wildman–Crippen LogP) is 1.77. The second-order valence-electron chi connectivity index (χ2n) is 4.88. The molecule has 2 atom stereocenters. The highest BCUT2D eigenvalue weighted by atomic mass is 35.5. The zero-order chi connectivity index (χ0) is 12.2. The van der Waals surface area contributed by atoms with Crippen molar-refractivity contribution in [1.82, 2.24) is 4.90 Å². The van der Waals surface area contributed by atoms with E-state index in [0.29, 0.717) is 18.0 Å². The molecule has 3 nitrogen and oxygen atoms in total. The third-order valence-corrected chi connectivity index (χ3v) is 4.10. The van der Waals surface area contributed by atoms with Crippen LogP contribution in [-0.2, 0) is 21.5 Å². The fourth-order valence-corrected chi connectivity index (χ4v) is 3.06. The largest absolute Gasteiger partial charge is 0.341 e. The Morgan fingerprint density at radius 2 is 2.29 bits per heavy atom. The molecular formula is C13H12ClNO2. The number of rotatable bonds is 1. The van der Waals surface area contributed by atoms with Crippen LogP contribution in [0.1, 0.15) is 17.5 Å². The van der Waals surface area contributed by atoms with Gasteiger partial charge in [0.15, 0.2) is 0 Å². The maximum absolute atomic E-state index is 12.3. The maximum atomic E-state index is 12.3. The number of carbonyl (C=O) groups is 2. The Hall–Kier alpha value is -1.35. The fourth-order valence-electron chi connectivity index (χ4n) is 2.89. The minimum absolute atomic E-state index is 0.0457. The molecule has 1 saturated carbocycles. The van der Waals surface area contributed by atoms with E-state index >= 15 is 0 Å². The number of carbonyl (C=O) groups excluding carboxylic acids is 2. The van der Waals surface area contributed by atoms with E-state index in [1.807, 2.05) is 18.2 Å². The first-order chi connectivity index (χ1) is 8.09. The third-order valence-electron chi connectivity index (χ3n) is 3.87. The molecule has 0 N–H and O–H groups in total. The van der Waals surface area contributed by atoms with Crippen molar-refractivity contribution in [3.63, 3.8) is 0 Å². The summed E-state index contributed by atoms with van der Waals surface area (Å²) >= 11 is 5.99. The maximum Gasteiger partial charge on any atom is 0.234 e. The number of hydrogen-bond acceptors (Lipinski definition) is 2. The molecule has 0 bridgehead atoms. The van der Waals surface area contributed by atoms with Crippen molar-refractivity contribution in [2.24, 2.45) is 5.92 Å². The quantitative estimate of drug-likeness (QED) is 0.712. The molecule has 0 radical (unpaired) electrons. The first-order valence-corrected chi connectivity index (χ1v) is 5.97. The van der Waals surface area contributed by atoms with Crippen molar-refractivity contribution in [3.8, 4) is 0 Å². The average Bonchev–Trinajstić information content (AvgIpc) is 3.04. The minimum atomic E-state index is -0.616. The Morgan fingerprint density at radius 3 is 2.94 bits per heavy atom. The molecule has 1 amide bonds. The SMILES string of the molecule is CN1Cc2ccc(Cl)cc2C2(CC2C=O)C1=O. The van der Waals surface area contributed by atoms with Crippen LogP contribution in [0.2, 0.25) is 5.02 Å². The molecule has 1 aliphatic heterocycles. The van der Waals surface area contributed by atoms with Gasteiger partial charge in [-0.2, -0.15) is 0 Å². The Kier molecular flexibility index (Phi) is 2.11. The lowest BCUT2D eigenvalue weighted by Gasteiger charge is -2.32. The summed E-state index contributed by atoms with van der Waals surface area (Å²) in [6.07, 6.45) is 1.51. The van der Waals surface area contributed by atoms with E-state index < -0.39 is 5.41 Å². The van der Waals surface area contributed by atoms with Crippen molar-refractivity contribution in [3.05, 3.63) is 34.3 Å². The lowest BCUT2D eigenvalue weighted by Crippen LogP contribution is -2.42. The number of fused-ring (bicyclic) bond motifs is 2. The molecule has 0 saturated heterocycles. The second-order valence-corrected chi connectivity index (χ2v) is 5.32. The summed E-state index contributed by atoms with van der Waals surface area (Å²) in [5, 5.41) is 0.622. The van der Waals surface area contributed by atoms with Crippen molar-refractivity contribution in [2.45, 2.75) is 18.4 Å². The van der Waals surface area contributed by atoms with Gasteiger partial charge in [0.25, 0.3) is 0 Å². The number of likely N-dealkylation sites (N-methyl/N-ethyl adjacent to an activating group) is 1. The van der Waals surface area contributed by atoms with Crippen LogP contribution in [0.3, 0.4) is 0 Å². The van der Waals surface area contributed by atoms with Crippen molar-refractivity contribution < 1.29 is 9.59 Å². The topological polar surface area (TPSA) is 37.4 Å². The van der Waals surface area contributed by atoms with Gasteiger partial charge in [-0.3, -0.25) is 4.79 Å². The lowest BCUT2D eigenvalue weighted by atomic mass is 9.84. The Morgan fingerprint density at radius 1 is 1.53 bits per heavy atom. The molecule has 2 unspecified atom stereocenters. The number of hydrogen-bond donors (Lipinski definition) is 0. The van der Waals surface area contributed by atoms with E-state index in [0.717, 1.165) is 17.4 Å². The summed E-state index contributed by atoms with van der Waals surface area (Å²) in [6, 6.07) is 5.61. The van der Waals surface area contributed by atoms with Crippen LogP contribution in [0.25, 0.3) is 0 Å². The van der Waals surface area contributed by atoms with Crippen molar-refractivity contribution >= 4 is 23.8 Å². The lowest BCUT2D eigenvalue weighted by molar-refractivity contribution is -0.135. The van der Waals surface area contributed by atoms with Crippen LogP contribution < -0.4 is 0 Å². The molecule has 1 fully saturated rings. The van der Waals surface area contributed by atoms with Crippen LogP contribution in [0.4, 0.5) is 0 Å². The van der Waals surface area contributed by atoms with E-state index in [1.54, 1.807) is 11.9 Å². The molecule has 4 heteroatoms. The summed E-state index contributed by atoms with van der Waals surface area (Å²) < 4.78 is 0. The van der Waals surface area contributed by atoms with E-state index in [9.17, 15) is 9.59 Å². The summed E-state index contributed by atoms with van der Waals surface area (Å²) in [5.74, 6) is -0.140. The summed E-state index contributed by atoms with van der Waals surface area (Å²) in [6.45, 7) is 0.596. The van der Waals surface area contributed by atoms with Gasteiger partial charge in [-0.15, -0.1) is 0 Å². The van der Waals surface area contributed by atoms with Crippen LogP contribution in [0.15, 0.2) is 18.2 Å². The Bertz CT molecular complexity index is 528. The zero-order valence-electron chi connectivity index (χ0n) is 9.44. The number of aldehydes is 1. The van der Waals surface area contributed by atoms with Gasteiger partial charge < -0.3 is 9.69 Å². The minimum Gasteiger partial charge on any atom is -0.341 e. The molecular weight excluding hydrogens is 238 g/mol. The van der Waals surface area contributed by atoms with Crippen LogP contribution in [0, 0.1) is 5.92 Å². The van der Waals surface area contributed by atoms with Gasteiger partial charge in [0.1, 0.15) is 6.29 Å². The van der Waals surface area contributed by atoms with Crippen LogP contribution in [-0.4, -0.2) is 24.1 Å². The molecule has 2 aliphatic rings. The predicted molar refractivity (Wildman–Crippen MR) is 63.8 cm³/mol. The van der Waals surface area contributed by atoms with Gasteiger partial charge in [-0.25, -0.2) is 0 Å². The van der Waals surface area contributed by atoms with Crippen molar-refractivity contribution in [2.75, 3.05) is 7.05 Å². The summed E-state index contributed by atoms with van der Waals surface area (Å²) in [7, 11) is 1.78. The van der Waals surface area contributed by atoms with Gasteiger partial charge in [0.05, 0.1) is 5.41 Å². The molecule has 1 heterocycles. The monoisotopic (exact) mass is 249 g/mol. The zero-order valence-corrected chi connectivity index (χ0v) is 10.2. The molecule has 1 aliphatic carbocycles. The molecule has 1 aromatic rings. The highest BCUT2D eigenvalue weighted by Gasteiger charge is 2.64. The molecule has 88 valence electrons. The Labute approximate surface area is 104 Å². The van der Waals surface area contributed by atoms with E-state index in [2.05, 4.69) is 0 Å². The smallest absolute Gasteiger partial charge is 0.234 e. The second kappa shape index (κ2) is 3.33.